The molecule has 1 amide bonds. The molecule has 1 unspecified atom stereocenters. The Morgan fingerprint density at radius 2 is 1.92 bits per heavy atom. The standard InChI is InChI=1S/C20H29NO5/c1-13(2)16-6-5-14(3)17(11-16)26-15(4)18(22)21-12-20(19(23)24)7-9-25-10-8-20/h5-6,11,13,15H,7-10,12H2,1-4H3,(H,21,22)(H,23,24). The number of aliphatic carboxylic acids is 1. The smallest absolute Gasteiger partial charge is 0.311 e. The van der Waals surface area contributed by atoms with E-state index in [-0.39, 0.29) is 12.5 Å². The van der Waals surface area contributed by atoms with Crippen molar-refractivity contribution in [2.45, 2.75) is 52.6 Å². The number of nitrogens with one attached hydrogen (secondary N) is 1. The molecule has 1 heterocycles. The van der Waals surface area contributed by atoms with Gasteiger partial charge in [0.25, 0.3) is 5.91 Å². The number of carboxylic acids is 1. The summed E-state index contributed by atoms with van der Waals surface area (Å²) in [6.45, 7) is 8.70. The molecule has 1 aliphatic heterocycles. The summed E-state index contributed by atoms with van der Waals surface area (Å²) in [6, 6.07) is 6.00. The molecule has 0 aliphatic carbocycles. The highest BCUT2D eigenvalue weighted by Crippen LogP contribution is 2.30. The summed E-state index contributed by atoms with van der Waals surface area (Å²) >= 11 is 0. The molecular weight excluding hydrogens is 334 g/mol. The van der Waals surface area contributed by atoms with Crippen molar-refractivity contribution >= 4 is 11.9 Å². The molecule has 0 radical (unpaired) electrons. The average molecular weight is 363 g/mol. The maximum atomic E-state index is 12.4. The first-order chi connectivity index (χ1) is 12.2. The summed E-state index contributed by atoms with van der Waals surface area (Å²) in [5, 5.41) is 12.3. The van der Waals surface area contributed by atoms with Gasteiger partial charge in [-0.15, -0.1) is 0 Å². The minimum absolute atomic E-state index is 0.0866. The fourth-order valence-electron chi connectivity index (χ4n) is 2.98. The third-order valence-corrected chi connectivity index (χ3v) is 5.06. The lowest BCUT2D eigenvalue weighted by atomic mass is 9.80. The number of rotatable bonds is 7. The number of carbonyl (C=O) groups excluding carboxylic acids is 1. The minimum atomic E-state index is -0.957. The van der Waals surface area contributed by atoms with Gasteiger partial charge < -0.3 is 19.9 Å². The fourth-order valence-corrected chi connectivity index (χ4v) is 2.98. The first-order valence-corrected chi connectivity index (χ1v) is 9.11. The molecule has 1 saturated heterocycles. The summed E-state index contributed by atoms with van der Waals surface area (Å²) in [5.41, 5.74) is 1.15. The van der Waals surface area contributed by atoms with Crippen molar-refractivity contribution in [1.29, 1.82) is 0 Å². The first-order valence-electron chi connectivity index (χ1n) is 9.11. The van der Waals surface area contributed by atoms with Crippen molar-refractivity contribution in [3.05, 3.63) is 29.3 Å². The topological polar surface area (TPSA) is 84.9 Å². The van der Waals surface area contributed by atoms with Crippen LogP contribution < -0.4 is 10.1 Å². The molecule has 2 N–H and O–H groups in total. The molecule has 0 saturated carbocycles. The monoisotopic (exact) mass is 363 g/mol. The number of benzene rings is 1. The Bertz CT molecular complexity index is 650. The van der Waals surface area contributed by atoms with E-state index in [0.717, 1.165) is 11.1 Å². The lowest BCUT2D eigenvalue weighted by Gasteiger charge is -2.33. The minimum Gasteiger partial charge on any atom is -0.481 e. The highest BCUT2D eigenvalue weighted by Gasteiger charge is 2.40. The van der Waals surface area contributed by atoms with Crippen LogP contribution in [0.25, 0.3) is 0 Å². The number of hydrogen-bond acceptors (Lipinski definition) is 4. The molecule has 0 aromatic heterocycles. The van der Waals surface area contributed by atoms with Crippen molar-refractivity contribution in [2.75, 3.05) is 19.8 Å². The zero-order valence-electron chi connectivity index (χ0n) is 16.0. The van der Waals surface area contributed by atoms with Gasteiger partial charge in [0.05, 0.1) is 5.41 Å². The van der Waals surface area contributed by atoms with Crippen molar-refractivity contribution < 1.29 is 24.2 Å². The molecule has 6 heteroatoms. The third-order valence-electron chi connectivity index (χ3n) is 5.06. The average Bonchev–Trinajstić information content (AvgIpc) is 2.61. The maximum Gasteiger partial charge on any atom is 0.311 e. The van der Waals surface area contributed by atoms with Crippen LogP contribution in [0.15, 0.2) is 18.2 Å². The number of carboxylic acid groups (broad SMARTS) is 1. The van der Waals surface area contributed by atoms with E-state index in [0.29, 0.717) is 37.7 Å². The second kappa shape index (κ2) is 8.54. The highest BCUT2D eigenvalue weighted by molar-refractivity contribution is 5.82. The number of carbonyl (C=O) groups is 2. The van der Waals surface area contributed by atoms with Crippen molar-refractivity contribution in [3.63, 3.8) is 0 Å². The van der Waals surface area contributed by atoms with Crippen LogP contribution >= 0.6 is 0 Å². The number of aryl methyl sites for hydroxylation is 1. The molecule has 26 heavy (non-hydrogen) atoms. The van der Waals surface area contributed by atoms with Gasteiger partial charge in [-0.2, -0.15) is 0 Å². The Balaban J connectivity index is 1.99. The van der Waals surface area contributed by atoms with Gasteiger partial charge >= 0.3 is 5.97 Å². The number of amides is 1. The Kier molecular flexibility index (Phi) is 6.64. The molecule has 0 bridgehead atoms. The predicted octanol–water partition coefficient (Wildman–Crippen LogP) is 2.88. The molecule has 1 aliphatic rings. The van der Waals surface area contributed by atoms with Gasteiger partial charge in [0.15, 0.2) is 6.10 Å². The van der Waals surface area contributed by atoms with Crippen LogP contribution in [0.4, 0.5) is 0 Å². The second-order valence-corrected chi connectivity index (χ2v) is 7.36. The summed E-state index contributed by atoms with van der Waals surface area (Å²) in [5.74, 6) is -0.162. The molecule has 2 rings (SSSR count). The van der Waals surface area contributed by atoms with Gasteiger partial charge in [0.1, 0.15) is 5.75 Å². The first kappa shape index (κ1) is 20.2. The largest absolute Gasteiger partial charge is 0.481 e. The fraction of sp³-hybridized carbons (Fsp3) is 0.600. The van der Waals surface area contributed by atoms with Crippen molar-refractivity contribution in [2.24, 2.45) is 5.41 Å². The van der Waals surface area contributed by atoms with Gasteiger partial charge in [-0.1, -0.05) is 26.0 Å². The van der Waals surface area contributed by atoms with Gasteiger partial charge in [-0.25, -0.2) is 0 Å². The molecular formula is C20H29NO5. The Morgan fingerprint density at radius 3 is 2.50 bits per heavy atom. The summed E-state index contributed by atoms with van der Waals surface area (Å²) in [6.07, 6.45) is 0.0858. The molecule has 1 atom stereocenters. The second-order valence-electron chi connectivity index (χ2n) is 7.36. The van der Waals surface area contributed by atoms with E-state index in [9.17, 15) is 14.7 Å². The maximum absolute atomic E-state index is 12.4. The number of hydrogen-bond donors (Lipinski definition) is 2. The van der Waals surface area contributed by atoms with Gasteiger partial charge in [0, 0.05) is 19.8 Å². The predicted molar refractivity (Wildman–Crippen MR) is 98.5 cm³/mol. The van der Waals surface area contributed by atoms with Gasteiger partial charge in [0.2, 0.25) is 0 Å². The van der Waals surface area contributed by atoms with E-state index < -0.39 is 17.5 Å². The normalized spacial score (nSPS) is 17.6. The van der Waals surface area contributed by atoms with E-state index >= 15 is 0 Å². The summed E-state index contributed by atoms with van der Waals surface area (Å²) in [4.78, 5) is 24.1. The lowest BCUT2D eigenvalue weighted by molar-refractivity contribution is -0.155. The summed E-state index contributed by atoms with van der Waals surface area (Å²) in [7, 11) is 0. The van der Waals surface area contributed by atoms with Gasteiger partial charge in [-0.3, -0.25) is 9.59 Å². The molecule has 1 aromatic carbocycles. The molecule has 1 aromatic rings. The van der Waals surface area contributed by atoms with Crippen LogP contribution in [0.2, 0.25) is 0 Å². The van der Waals surface area contributed by atoms with E-state index in [1.54, 1.807) is 6.92 Å². The van der Waals surface area contributed by atoms with E-state index in [4.69, 9.17) is 9.47 Å². The number of ether oxygens (including phenoxy) is 2. The Labute approximate surface area is 154 Å². The van der Waals surface area contributed by atoms with E-state index in [1.165, 1.54) is 0 Å². The van der Waals surface area contributed by atoms with Crippen LogP contribution in [0.5, 0.6) is 5.75 Å². The summed E-state index contributed by atoms with van der Waals surface area (Å²) < 4.78 is 11.1. The third kappa shape index (κ3) is 4.75. The van der Waals surface area contributed by atoms with Crippen molar-refractivity contribution in [1.82, 2.24) is 5.32 Å². The van der Waals surface area contributed by atoms with Crippen LogP contribution in [0, 0.1) is 12.3 Å². The lowest BCUT2D eigenvalue weighted by Crippen LogP contribution is -2.49. The van der Waals surface area contributed by atoms with Crippen LogP contribution in [-0.2, 0) is 14.3 Å². The molecule has 0 spiro atoms. The van der Waals surface area contributed by atoms with Crippen LogP contribution in [-0.4, -0.2) is 42.8 Å². The van der Waals surface area contributed by atoms with Crippen LogP contribution in [0.1, 0.15) is 50.7 Å². The zero-order valence-corrected chi connectivity index (χ0v) is 16.0. The SMILES string of the molecule is Cc1ccc(C(C)C)cc1OC(C)C(=O)NCC1(C(=O)O)CCOCC1. The molecule has 1 fully saturated rings. The molecule has 6 nitrogen and oxygen atoms in total. The Morgan fingerprint density at radius 1 is 1.27 bits per heavy atom. The van der Waals surface area contributed by atoms with E-state index in [2.05, 4.69) is 25.2 Å². The van der Waals surface area contributed by atoms with Crippen molar-refractivity contribution in [3.8, 4) is 5.75 Å². The highest BCUT2D eigenvalue weighted by atomic mass is 16.5. The van der Waals surface area contributed by atoms with Gasteiger partial charge in [-0.05, 0) is 49.8 Å². The quantitative estimate of drug-likeness (QED) is 0.778. The zero-order chi connectivity index (χ0) is 19.3. The molecule has 144 valence electrons. The van der Waals surface area contributed by atoms with Crippen LogP contribution in [0.3, 0.4) is 0 Å². The Hall–Kier alpha value is -2.08. The van der Waals surface area contributed by atoms with E-state index in [1.807, 2.05) is 19.1 Å².